The number of hydrogen-bond donors (Lipinski definition) is 2. The Bertz CT molecular complexity index is 1840. The van der Waals surface area contributed by atoms with Gasteiger partial charge >= 0.3 is 6.18 Å². The number of nitrogens with zero attached hydrogens (tertiary/aromatic N) is 5. The molecule has 1 fully saturated rings. The molecular formula is C31H28F3N7O2S. The quantitative estimate of drug-likeness (QED) is 0.244. The molecule has 0 spiro atoms. The first kappa shape index (κ1) is 29.6. The van der Waals surface area contributed by atoms with Gasteiger partial charge in [-0.05, 0) is 55.0 Å². The average molecular weight is 620 g/mol. The number of rotatable bonds is 7. The number of pyridine rings is 2. The molecule has 0 amide bonds. The third-order valence-corrected chi connectivity index (χ3v) is 8.70. The van der Waals surface area contributed by atoms with Crippen LogP contribution in [0.25, 0.3) is 22.2 Å². The molecule has 0 aliphatic carbocycles. The first-order chi connectivity index (χ1) is 21.2. The molecule has 9 nitrogen and oxygen atoms in total. The van der Waals surface area contributed by atoms with Crippen molar-refractivity contribution in [2.75, 3.05) is 36.4 Å². The molecule has 1 unspecified atom stereocenters. The molecule has 0 bridgehead atoms. The maximum absolute atomic E-state index is 13.8. The van der Waals surface area contributed by atoms with Gasteiger partial charge in [-0.2, -0.15) is 18.2 Å². The van der Waals surface area contributed by atoms with Gasteiger partial charge in [0, 0.05) is 90.4 Å². The zero-order chi connectivity index (χ0) is 30.8. The summed E-state index contributed by atoms with van der Waals surface area (Å²) in [4.78, 5) is 29.4. The van der Waals surface area contributed by atoms with Crippen LogP contribution in [-0.4, -0.2) is 56.4 Å². The molecule has 226 valence electrons. The summed E-state index contributed by atoms with van der Waals surface area (Å²) < 4.78 is 55.6. The van der Waals surface area contributed by atoms with E-state index >= 15 is 0 Å². The number of aromatic nitrogens is 4. The Morgan fingerprint density at radius 3 is 2.43 bits per heavy atom. The van der Waals surface area contributed by atoms with Crippen LogP contribution in [-0.2, 0) is 17.7 Å². The minimum atomic E-state index is -4.70. The molecule has 0 saturated carbocycles. The van der Waals surface area contributed by atoms with Crippen LogP contribution in [0.1, 0.15) is 5.56 Å². The largest absolute Gasteiger partial charge is 0.606 e. The van der Waals surface area contributed by atoms with Crippen molar-refractivity contribution in [2.45, 2.75) is 29.4 Å². The van der Waals surface area contributed by atoms with Crippen molar-refractivity contribution in [2.24, 2.45) is 0 Å². The summed E-state index contributed by atoms with van der Waals surface area (Å²) >= 11 is -1.72. The third-order valence-electron chi connectivity index (χ3n) is 7.26. The lowest BCUT2D eigenvalue weighted by Gasteiger charge is -2.29. The van der Waals surface area contributed by atoms with Gasteiger partial charge in [0.2, 0.25) is 5.95 Å². The van der Waals surface area contributed by atoms with Gasteiger partial charge in [-0.15, -0.1) is 0 Å². The van der Waals surface area contributed by atoms with Gasteiger partial charge in [0.25, 0.3) is 5.56 Å². The third kappa shape index (κ3) is 6.39. The summed E-state index contributed by atoms with van der Waals surface area (Å²) in [6.45, 7) is 3.84. The highest BCUT2D eigenvalue weighted by atomic mass is 32.2. The second-order valence-electron chi connectivity index (χ2n) is 10.4. The van der Waals surface area contributed by atoms with Gasteiger partial charge in [-0.25, -0.2) is 4.98 Å². The van der Waals surface area contributed by atoms with E-state index in [1.807, 2.05) is 24.3 Å². The molecular weight excluding hydrogens is 591 g/mol. The van der Waals surface area contributed by atoms with E-state index < -0.39 is 29.5 Å². The second-order valence-corrected chi connectivity index (χ2v) is 11.8. The first-order valence-corrected chi connectivity index (χ1v) is 15.0. The number of benzene rings is 2. The fourth-order valence-electron chi connectivity index (χ4n) is 5.14. The molecule has 1 atom stereocenters. The molecule has 3 aromatic heterocycles. The number of hydrogen-bond acceptors (Lipinski definition) is 8. The van der Waals surface area contributed by atoms with E-state index in [0.29, 0.717) is 20.0 Å². The number of piperazine rings is 1. The summed E-state index contributed by atoms with van der Waals surface area (Å²) in [5.74, 6) is 0.0466. The molecule has 5 aromatic rings. The number of fused-ring (bicyclic) bond motifs is 1. The van der Waals surface area contributed by atoms with Gasteiger partial charge in [0.05, 0.1) is 5.56 Å². The number of aryl methyl sites for hydroxylation is 1. The van der Waals surface area contributed by atoms with E-state index in [-0.39, 0.29) is 28.1 Å². The van der Waals surface area contributed by atoms with Crippen LogP contribution in [0.5, 0.6) is 0 Å². The second kappa shape index (κ2) is 12.3. The van der Waals surface area contributed by atoms with Gasteiger partial charge in [-0.3, -0.25) is 14.3 Å². The van der Waals surface area contributed by atoms with Crippen molar-refractivity contribution in [1.82, 2.24) is 24.8 Å². The van der Waals surface area contributed by atoms with Gasteiger partial charge in [-0.1, -0.05) is 6.07 Å². The average Bonchev–Trinajstić information content (AvgIpc) is 3.03. The predicted octanol–water partition coefficient (Wildman–Crippen LogP) is 5.04. The maximum Gasteiger partial charge on any atom is 0.406 e. The molecule has 13 heteroatoms. The zero-order valence-electron chi connectivity index (χ0n) is 23.6. The SMILES string of the molecule is Cc1ccc(-c2cc3cnc(Nc4ccc(N5CCNCC5)cc4)nc3n(CC(F)(F)F)c2=O)c([S+]([O-])c2ccncc2)c1. The maximum atomic E-state index is 13.8. The van der Waals surface area contributed by atoms with Crippen LogP contribution in [0.4, 0.5) is 30.5 Å². The molecule has 1 aliphatic heterocycles. The highest BCUT2D eigenvalue weighted by Crippen LogP contribution is 2.33. The van der Waals surface area contributed by atoms with Gasteiger partial charge in [0.1, 0.15) is 12.2 Å². The molecule has 2 N–H and O–H groups in total. The fraction of sp³-hybridized carbons (Fsp3) is 0.226. The fourth-order valence-corrected chi connectivity index (χ4v) is 6.43. The summed E-state index contributed by atoms with van der Waals surface area (Å²) in [6.07, 6.45) is -0.329. The van der Waals surface area contributed by atoms with E-state index in [1.54, 1.807) is 37.3 Å². The monoisotopic (exact) mass is 619 g/mol. The molecule has 1 saturated heterocycles. The van der Waals surface area contributed by atoms with Crippen LogP contribution in [0, 0.1) is 6.92 Å². The Hall–Kier alpha value is -4.46. The van der Waals surface area contributed by atoms with Crippen molar-refractivity contribution in [1.29, 1.82) is 0 Å². The smallest absolute Gasteiger partial charge is 0.406 e. The summed E-state index contributed by atoms with van der Waals surface area (Å²) in [5, 5.41) is 6.58. The number of alkyl halides is 3. The predicted molar refractivity (Wildman–Crippen MR) is 164 cm³/mol. The van der Waals surface area contributed by atoms with Crippen LogP contribution in [0.15, 0.2) is 93.8 Å². The Morgan fingerprint density at radius 1 is 1.00 bits per heavy atom. The van der Waals surface area contributed by atoms with Crippen LogP contribution < -0.4 is 21.1 Å². The van der Waals surface area contributed by atoms with Crippen molar-refractivity contribution in [3.63, 3.8) is 0 Å². The minimum Gasteiger partial charge on any atom is -0.606 e. The molecule has 44 heavy (non-hydrogen) atoms. The Morgan fingerprint density at radius 2 is 1.73 bits per heavy atom. The van der Waals surface area contributed by atoms with E-state index in [2.05, 4.69) is 30.5 Å². The first-order valence-electron chi connectivity index (χ1n) is 13.9. The van der Waals surface area contributed by atoms with E-state index in [1.165, 1.54) is 24.7 Å². The minimum absolute atomic E-state index is 0.0352. The van der Waals surface area contributed by atoms with Crippen molar-refractivity contribution in [3.05, 3.63) is 95.2 Å². The Balaban J connectivity index is 1.40. The van der Waals surface area contributed by atoms with Crippen molar-refractivity contribution >= 4 is 39.5 Å². The molecule has 4 heterocycles. The zero-order valence-corrected chi connectivity index (χ0v) is 24.5. The molecule has 1 aliphatic rings. The lowest BCUT2D eigenvalue weighted by atomic mass is 10.0. The summed E-state index contributed by atoms with van der Waals surface area (Å²) in [5.41, 5.74) is 1.64. The van der Waals surface area contributed by atoms with Crippen LogP contribution in [0.2, 0.25) is 0 Å². The normalized spacial score (nSPS) is 14.5. The summed E-state index contributed by atoms with van der Waals surface area (Å²) in [6, 6.07) is 17.2. The lowest BCUT2D eigenvalue weighted by molar-refractivity contribution is -0.140. The molecule has 2 aromatic carbocycles. The number of nitrogens with one attached hydrogen (secondary N) is 2. The van der Waals surface area contributed by atoms with Crippen LogP contribution >= 0.6 is 0 Å². The van der Waals surface area contributed by atoms with E-state index in [0.717, 1.165) is 37.4 Å². The van der Waals surface area contributed by atoms with Crippen molar-refractivity contribution < 1.29 is 17.7 Å². The highest BCUT2D eigenvalue weighted by Gasteiger charge is 2.31. The van der Waals surface area contributed by atoms with Gasteiger partial charge in [0.15, 0.2) is 9.79 Å². The Labute approximate surface area is 254 Å². The molecule has 6 rings (SSSR count). The molecule has 0 radical (unpaired) electrons. The lowest BCUT2D eigenvalue weighted by Crippen LogP contribution is -2.43. The number of halogens is 3. The van der Waals surface area contributed by atoms with Crippen LogP contribution in [0.3, 0.4) is 0 Å². The topological polar surface area (TPSA) is 111 Å². The highest BCUT2D eigenvalue weighted by molar-refractivity contribution is 7.91. The number of anilines is 3. The summed E-state index contributed by atoms with van der Waals surface area (Å²) in [7, 11) is 0. The van der Waals surface area contributed by atoms with E-state index in [9.17, 15) is 22.5 Å². The Kier molecular flexibility index (Phi) is 8.25. The van der Waals surface area contributed by atoms with Crippen molar-refractivity contribution in [3.8, 4) is 11.1 Å². The van der Waals surface area contributed by atoms with E-state index in [4.69, 9.17) is 0 Å². The van der Waals surface area contributed by atoms with Gasteiger partial charge < -0.3 is 20.1 Å². The standard InChI is InChI=1S/C31H28F3N7O2S/c1-20-2-7-25(27(16-20)44(43)24-8-10-35-11-9-24)26-17-21-18-37-30(39-28(21)41(29(26)42)19-31(32,33)34)38-22-3-5-23(6-4-22)40-14-12-36-13-15-40/h2-11,16-18,36H,12-15,19H2,1H3,(H,37,38,39).